The first-order chi connectivity index (χ1) is 13.0. The molecule has 0 aliphatic carbocycles. The number of ether oxygens (including phenoxy) is 1. The van der Waals surface area contributed by atoms with Gasteiger partial charge in [-0.2, -0.15) is 0 Å². The molecule has 1 heterocycles. The zero-order valence-corrected chi connectivity index (χ0v) is 17.1. The lowest BCUT2D eigenvalue weighted by Crippen LogP contribution is -2.30. The molecule has 0 radical (unpaired) electrons. The van der Waals surface area contributed by atoms with E-state index in [1.807, 2.05) is 24.3 Å². The van der Waals surface area contributed by atoms with Gasteiger partial charge in [0.15, 0.2) is 0 Å². The van der Waals surface area contributed by atoms with Crippen LogP contribution in [0.2, 0.25) is 0 Å². The smallest absolute Gasteiger partial charge is 0.266 e. The maximum absolute atomic E-state index is 12.5. The Morgan fingerprint density at radius 3 is 2.63 bits per heavy atom. The van der Waals surface area contributed by atoms with Crippen LogP contribution in [0.4, 0.5) is 0 Å². The van der Waals surface area contributed by atoms with E-state index in [0.29, 0.717) is 28.8 Å². The van der Waals surface area contributed by atoms with Crippen molar-refractivity contribution in [3.63, 3.8) is 0 Å². The van der Waals surface area contributed by atoms with Crippen LogP contribution in [-0.4, -0.2) is 34.2 Å². The van der Waals surface area contributed by atoms with E-state index in [4.69, 9.17) is 17.0 Å². The SMILES string of the molecule is CCCCCCOc1ccc(/C=C2\SC(=S)N(CCCC(=O)[O-])C2=O)cc1. The van der Waals surface area contributed by atoms with Crippen LogP contribution >= 0.6 is 24.0 Å². The number of aliphatic carboxylic acids is 1. The van der Waals surface area contributed by atoms with E-state index in [9.17, 15) is 14.7 Å². The first-order valence-electron chi connectivity index (χ1n) is 9.19. The van der Waals surface area contributed by atoms with Gasteiger partial charge in [-0.25, -0.2) is 0 Å². The first kappa shape index (κ1) is 21.4. The number of thiocarbonyl (C=S) groups is 1. The Morgan fingerprint density at radius 1 is 1.22 bits per heavy atom. The zero-order chi connectivity index (χ0) is 19.6. The number of benzene rings is 1. The summed E-state index contributed by atoms with van der Waals surface area (Å²) in [6, 6.07) is 7.60. The number of carbonyl (C=O) groups excluding carboxylic acids is 2. The number of amides is 1. The van der Waals surface area contributed by atoms with Crippen molar-refractivity contribution in [1.82, 2.24) is 4.90 Å². The van der Waals surface area contributed by atoms with E-state index in [0.717, 1.165) is 17.7 Å². The molecule has 5 nitrogen and oxygen atoms in total. The highest BCUT2D eigenvalue weighted by molar-refractivity contribution is 8.26. The minimum atomic E-state index is -1.12. The van der Waals surface area contributed by atoms with E-state index < -0.39 is 5.97 Å². The van der Waals surface area contributed by atoms with E-state index in [2.05, 4.69) is 6.92 Å². The van der Waals surface area contributed by atoms with Crippen molar-refractivity contribution < 1.29 is 19.4 Å². The quantitative estimate of drug-likeness (QED) is 0.319. The lowest BCUT2D eigenvalue weighted by atomic mass is 10.2. The lowest BCUT2D eigenvalue weighted by molar-refractivity contribution is -0.305. The summed E-state index contributed by atoms with van der Waals surface area (Å²) in [6.07, 6.45) is 6.70. The van der Waals surface area contributed by atoms with Crippen LogP contribution in [0, 0.1) is 0 Å². The summed E-state index contributed by atoms with van der Waals surface area (Å²) >= 11 is 6.47. The first-order valence-corrected chi connectivity index (χ1v) is 10.4. The predicted octanol–water partition coefficient (Wildman–Crippen LogP) is 3.38. The molecule has 0 spiro atoms. The number of thioether (sulfide) groups is 1. The summed E-state index contributed by atoms with van der Waals surface area (Å²) in [4.78, 5) is 24.9. The normalized spacial score (nSPS) is 15.6. The van der Waals surface area contributed by atoms with Crippen LogP contribution in [0.15, 0.2) is 29.2 Å². The van der Waals surface area contributed by atoms with Gasteiger partial charge in [0.25, 0.3) is 5.91 Å². The van der Waals surface area contributed by atoms with Gasteiger partial charge in [0.2, 0.25) is 0 Å². The Hall–Kier alpha value is -1.86. The third-order valence-corrected chi connectivity index (χ3v) is 5.46. The Balaban J connectivity index is 1.89. The van der Waals surface area contributed by atoms with Gasteiger partial charge in [-0.3, -0.25) is 9.69 Å². The Morgan fingerprint density at radius 2 is 1.96 bits per heavy atom. The van der Waals surface area contributed by atoms with Crippen molar-refractivity contribution in [3.05, 3.63) is 34.7 Å². The molecule has 0 unspecified atom stereocenters. The number of nitrogens with zero attached hydrogens (tertiary/aromatic N) is 1. The van der Waals surface area contributed by atoms with Crippen LogP contribution in [0.25, 0.3) is 6.08 Å². The van der Waals surface area contributed by atoms with Crippen molar-refractivity contribution in [2.75, 3.05) is 13.2 Å². The van der Waals surface area contributed by atoms with Gasteiger partial charge in [0.05, 0.1) is 11.5 Å². The highest BCUT2D eigenvalue weighted by atomic mass is 32.2. The highest BCUT2D eigenvalue weighted by Gasteiger charge is 2.31. The lowest BCUT2D eigenvalue weighted by Gasteiger charge is -2.14. The molecule has 0 aromatic heterocycles. The van der Waals surface area contributed by atoms with Crippen molar-refractivity contribution in [3.8, 4) is 5.75 Å². The molecule has 1 aromatic rings. The molecule has 1 aromatic carbocycles. The third kappa shape index (κ3) is 6.99. The molecule has 2 rings (SSSR count). The molecule has 1 amide bonds. The fraction of sp³-hybridized carbons (Fsp3) is 0.450. The number of hydrogen-bond donors (Lipinski definition) is 0. The standard InChI is InChI=1S/C20H25NO4S2/c1-2-3-4-5-13-25-16-10-8-15(9-11-16)14-17-19(24)21(20(26)27-17)12-6-7-18(22)23/h8-11,14H,2-7,12-13H2,1H3,(H,22,23)/p-1/b17-14-. The van der Waals surface area contributed by atoms with Crippen LogP contribution in [0.1, 0.15) is 51.0 Å². The van der Waals surface area contributed by atoms with Gasteiger partial charge in [0, 0.05) is 12.5 Å². The number of unbranched alkanes of at least 4 members (excludes halogenated alkanes) is 3. The molecule has 0 N–H and O–H groups in total. The molecule has 1 aliphatic rings. The number of carboxylic acid groups (broad SMARTS) is 1. The van der Waals surface area contributed by atoms with Crippen LogP contribution < -0.4 is 9.84 Å². The monoisotopic (exact) mass is 406 g/mol. The van der Waals surface area contributed by atoms with Crippen molar-refractivity contribution >= 4 is 46.3 Å². The molecule has 7 heteroatoms. The molecule has 1 saturated heterocycles. The Labute approximate surface area is 169 Å². The third-order valence-electron chi connectivity index (χ3n) is 4.08. The van der Waals surface area contributed by atoms with Crippen LogP contribution in [0.5, 0.6) is 5.75 Å². The van der Waals surface area contributed by atoms with Crippen LogP contribution in [-0.2, 0) is 9.59 Å². The van der Waals surface area contributed by atoms with Crippen molar-refractivity contribution in [2.24, 2.45) is 0 Å². The zero-order valence-electron chi connectivity index (χ0n) is 15.4. The highest BCUT2D eigenvalue weighted by Crippen LogP contribution is 2.32. The summed E-state index contributed by atoms with van der Waals surface area (Å²) in [5.41, 5.74) is 0.892. The summed E-state index contributed by atoms with van der Waals surface area (Å²) in [5, 5.41) is 10.5. The molecule has 0 bridgehead atoms. The fourth-order valence-electron chi connectivity index (χ4n) is 2.60. The van der Waals surface area contributed by atoms with E-state index in [1.165, 1.54) is 35.9 Å². The molecule has 146 valence electrons. The summed E-state index contributed by atoms with van der Waals surface area (Å²) in [5.74, 6) is -0.485. The van der Waals surface area contributed by atoms with Gasteiger partial charge >= 0.3 is 0 Å². The van der Waals surface area contributed by atoms with E-state index >= 15 is 0 Å². The molecule has 0 saturated carbocycles. The number of rotatable bonds is 11. The maximum atomic E-state index is 12.5. The van der Waals surface area contributed by atoms with E-state index in [-0.39, 0.29) is 12.3 Å². The number of hydrogen-bond acceptors (Lipinski definition) is 6. The molecule has 27 heavy (non-hydrogen) atoms. The van der Waals surface area contributed by atoms with Crippen LogP contribution in [0.3, 0.4) is 0 Å². The van der Waals surface area contributed by atoms with Gasteiger partial charge in [-0.05, 0) is 43.0 Å². The second kappa shape index (κ2) is 11.1. The fourth-order valence-corrected chi connectivity index (χ4v) is 3.91. The number of carbonyl (C=O) groups is 2. The van der Waals surface area contributed by atoms with Gasteiger partial charge in [-0.1, -0.05) is 62.3 Å². The average Bonchev–Trinajstić information content (AvgIpc) is 2.90. The molecule has 1 fully saturated rings. The Kier molecular flexibility index (Phi) is 8.81. The van der Waals surface area contributed by atoms with Crippen molar-refractivity contribution in [2.45, 2.75) is 45.4 Å². The minimum Gasteiger partial charge on any atom is -0.550 e. The largest absolute Gasteiger partial charge is 0.550 e. The number of carboxylic acids is 1. The topological polar surface area (TPSA) is 69.7 Å². The second-order valence-electron chi connectivity index (χ2n) is 6.29. The summed E-state index contributed by atoms with van der Waals surface area (Å²) in [6.45, 7) is 3.19. The average molecular weight is 407 g/mol. The minimum absolute atomic E-state index is 0.0873. The summed E-state index contributed by atoms with van der Waals surface area (Å²) in [7, 11) is 0. The molecular weight excluding hydrogens is 382 g/mol. The molecular formula is C20H24NO4S2-. The molecule has 1 aliphatic heterocycles. The van der Waals surface area contributed by atoms with E-state index in [1.54, 1.807) is 6.08 Å². The second-order valence-corrected chi connectivity index (χ2v) is 7.96. The Bertz CT molecular complexity index is 700. The summed E-state index contributed by atoms with van der Waals surface area (Å²) < 4.78 is 6.18. The van der Waals surface area contributed by atoms with Gasteiger partial charge in [0.1, 0.15) is 10.1 Å². The van der Waals surface area contributed by atoms with Gasteiger partial charge < -0.3 is 14.6 Å². The predicted molar refractivity (Wildman–Crippen MR) is 110 cm³/mol. The van der Waals surface area contributed by atoms with Gasteiger partial charge in [-0.15, -0.1) is 0 Å². The molecule has 0 atom stereocenters. The maximum Gasteiger partial charge on any atom is 0.266 e. The van der Waals surface area contributed by atoms with Crippen molar-refractivity contribution in [1.29, 1.82) is 0 Å².